The van der Waals surface area contributed by atoms with E-state index in [1.54, 1.807) is 0 Å². The highest BCUT2D eigenvalue weighted by atomic mass is 16.5. The van der Waals surface area contributed by atoms with E-state index in [1.165, 1.54) is 0 Å². The van der Waals surface area contributed by atoms with Gasteiger partial charge in [-0.1, -0.05) is 25.1 Å². The van der Waals surface area contributed by atoms with Crippen molar-refractivity contribution in [2.45, 2.75) is 25.8 Å². The number of carbonyl (C=O) groups excluding carboxylic acids is 1. The van der Waals surface area contributed by atoms with E-state index in [2.05, 4.69) is 10.6 Å². The van der Waals surface area contributed by atoms with E-state index in [0.29, 0.717) is 13.2 Å². The Kier molecular flexibility index (Phi) is 3.85. The van der Waals surface area contributed by atoms with Crippen molar-refractivity contribution in [3.05, 3.63) is 29.8 Å². The minimum atomic E-state index is -0.111. The number of benzene rings is 1. The van der Waals surface area contributed by atoms with E-state index in [1.807, 2.05) is 31.2 Å². The first kappa shape index (κ1) is 11.8. The fraction of sp³-hybridized carbons (Fsp3) is 0.462. The minimum Gasteiger partial charge on any atom is -0.491 e. The minimum absolute atomic E-state index is 0.0572. The predicted octanol–water partition coefficient (Wildman–Crippen LogP) is 1.70. The van der Waals surface area contributed by atoms with E-state index in [9.17, 15) is 4.79 Å². The largest absolute Gasteiger partial charge is 0.491 e. The van der Waals surface area contributed by atoms with Crippen LogP contribution in [0.15, 0.2) is 24.3 Å². The van der Waals surface area contributed by atoms with Gasteiger partial charge in [0.05, 0.1) is 6.04 Å². The Balaban J connectivity index is 1.88. The summed E-state index contributed by atoms with van der Waals surface area (Å²) in [5, 5.41) is 5.72. The van der Waals surface area contributed by atoms with Gasteiger partial charge in [0.1, 0.15) is 12.4 Å². The number of ether oxygens (including phenoxy) is 1. The number of carbonyl (C=O) groups is 1. The molecule has 2 N–H and O–H groups in total. The molecule has 0 aromatic heterocycles. The molecule has 1 aliphatic heterocycles. The first-order valence-corrected chi connectivity index (χ1v) is 6.04. The summed E-state index contributed by atoms with van der Waals surface area (Å²) in [6, 6.07) is 7.89. The van der Waals surface area contributed by atoms with Crippen molar-refractivity contribution in [1.29, 1.82) is 0 Å². The van der Waals surface area contributed by atoms with Crippen LogP contribution in [0.25, 0.3) is 0 Å². The topological polar surface area (TPSA) is 50.4 Å². The molecule has 0 bridgehead atoms. The number of hydrogen-bond acceptors (Lipinski definition) is 2. The molecule has 1 atom stereocenters. The van der Waals surface area contributed by atoms with Gasteiger partial charge in [0.15, 0.2) is 0 Å². The Bertz CT molecular complexity index is 393. The van der Waals surface area contributed by atoms with Crippen LogP contribution >= 0.6 is 0 Å². The maximum atomic E-state index is 11.5. The zero-order valence-corrected chi connectivity index (χ0v) is 10.0. The van der Waals surface area contributed by atoms with Gasteiger partial charge in [-0.15, -0.1) is 0 Å². The zero-order valence-electron chi connectivity index (χ0n) is 10.0. The molecule has 1 aliphatic rings. The molecular weight excluding hydrogens is 216 g/mol. The summed E-state index contributed by atoms with van der Waals surface area (Å²) in [6.07, 6.45) is 1.77. The molecule has 0 fully saturated rings. The summed E-state index contributed by atoms with van der Waals surface area (Å²) in [6.45, 7) is 3.27. The van der Waals surface area contributed by atoms with Gasteiger partial charge in [0.2, 0.25) is 0 Å². The van der Waals surface area contributed by atoms with Crippen LogP contribution in [-0.2, 0) is 6.42 Å². The van der Waals surface area contributed by atoms with Crippen molar-refractivity contribution in [3.63, 3.8) is 0 Å². The summed E-state index contributed by atoms with van der Waals surface area (Å²) in [4.78, 5) is 11.5. The van der Waals surface area contributed by atoms with E-state index < -0.39 is 0 Å². The number of para-hydroxylation sites is 1. The van der Waals surface area contributed by atoms with Gasteiger partial charge in [-0.2, -0.15) is 0 Å². The first-order chi connectivity index (χ1) is 8.29. The van der Waals surface area contributed by atoms with Crippen LogP contribution in [0.4, 0.5) is 4.79 Å². The number of amides is 2. The molecule has 92 valence electrons. The fourth-order valence-electron chi connectivity index (χ4n) is 1.90. The molecule has 1 aromatic rings. The number of rotatable bonds is 3. The lowest BCUT2D eigenvalue weighted by atomic mass is 10.0. The van der Waals surface area contributed by atoms with Crippen LogP contribution in [0.5, 0.6) is 5.75 Å². The molecule has 2 rings (SSSR count). The third-order valence-electron chi connectivity index (χ3n) is 2.75. The Morgan fingerprint density at radius 1 is 1.47 bits per heavy atom. The normalized spacial score (nSPS) is 17.8. The lowest BCUT2D eigenvalue weighted by molar-refractivity contribution is 0.214. The molecule has 4 nitrogen and oxygen atoms in total. The second-order valence-electron chi connectivity index (χ2n) is 4.22. The van der Waals surface area contributed by atoms with Crippen molar-refractivity contribution in [2.75, 3.05) is 13.2 Å². The van der Waals surface area contributed by atoms with Crippen molar-refractivity contribution in [1.82, 2.24) is 10.6 Å². The summed E-state index contributed by atoms with van der Waals surface area (Å²) in [7, 11) is 0. The van der Waals surface area contributed by atoms with Crippen LogP contribution in [0.2, 0.25) is 0 Å². The van der Waals surface area contributed by atoms with Gasteiger partial charge >= 0.3 is 6.03 Å². The van der Waals surface area contributed by atoms with Gasteiger partial charge in [-0.25, -0.2) is 4.79 Å². The summed E-state index contributed by atoms with van der Waals surface area (Å²) >= 11 is 0. The van der Waals surface area contributed by atoms with E-state index in [-0.39, 0.29) is 12.1 Å². The smallest absolute Gasteiger partial charge is 0.315 e. The number of urea groups is 1. The highest BCUT2D eigenvalue weighted by Gasteiger charge is 2.20. The monoisotopic (exact) mass is 234 g/mol. The maximum Gasteiger partial charge on any atom is 0.315 e. The van der Waals surface area contributed by atoms with E-state index in [0.717, 1.165) is 24.2 Å². The number of nitrogens with one attached hydrogen (secondary N) is 2. The lowest BCUT2D eigenvalue weighted by Crippen LogP contribution is -2.47. The molecule has 0 radical (unpaired) electrons. The van der Waals surface area contributed by atoms with Gasteiger partial charge in [0, 0.05) is 6.54 Å². The van der Waals surface area contributed by atoms with Gasteiger partial charge in [0.25, 0.3) is 0 Å². The molecule has 17 heavy (non-hydrogen) atoms. The quantitative estimate of drug-likeness (QED) is 0.836. The Morgan fingerprint density at radius 2 is 2.29 bits per heavy atom. The van der Waals surface area contributed by atoms with Crippen molar-refractivity contribution >= 4 is 6.03 Å². The highest BCUT2D eigenvalue weighted by molar-refractivity contribution is 5.74. The molecule has 0 spiro atoms. The lowest BCUT2D eigenvalue weighted by Gasteiger charge is -2.26. The van der Waals surface area contributed by atoms with Crippen LogP contribution in [0.1, 0.15) is 18.9 Å². The van der Waals surface area contributed by atoms with Gasteiger partial charge in [-0.05, 0) is 24.5 Å². The Morgan fingerprint density at radius 3 is 3.12 bits per heavy atom. The fourth-order valence-corrected chi connectivity index (χ4v) is 1.90. The van der Waals surface area contributed by atoms with E-state index in [4.69, 9.17) is 4.74 Å². The van der Waals surface area contributed by atoms with Crippen LogP contribution in [0, 0.1) is 0 Å². The second kappa shape index (κ2) is 5.57. The van der Waals surface area contributed by atoms with Crippen molar-refractivity contribution < 1.29 is 9.53 Å². The SMILES string of the molecule is CCCNC(=O)N[C@@H]1COc2ccccc2C1. The third-order valence-corrected chi connectivity index (χ3v) is 2.75. The number of hydrogen-bond donors (Lipinski definition) is 2. The summed E-state index contributed by atoms with van der Waals surface area (Å²) in [5.74, 6) is 0.930. The summed E-state index contributed by atoms with van der Waals surface area (Å²) < 4.78 is 5.60. The molecular formula is C13H18N2O2. The molecule has 0 unspecified atom stereocenters. The third kappa shape index (κ3) is 3.12. The molecule has 1 heterocycles. The van der Waals surface area contributed by atoms with Gasteiger partial charge < -0.3 is 15.4 Å². The maximum absolute atomic E-state index is 11.5. The zero-order chi connectivity index (χ0) is 12.1. The molecule has 1 aromatic carbocycles. The average molecular weight is 234 g/mol. The van der Waals surface area contributed by atoms with Gasteiger partial charge in [-0.3, -0.25) is 0 Å². The molecule has 0 aliphatic carbocycles. The molecule has 4 heteroatoms. The predicted molar refractivity (Wildman–Crippen MR) is 66.3 cm³/mol. The first-order valence-electron chi connectivity index (χ1n) is 6.04. The van der Waals surface area contributed by atoms with Crippen molar-refractivity contribution in [3.8, 4) is 5.75 Å². The number of fused-ring (bicyclic) bond motifs is 1. The standard InChI is InChI=1S/C13H18N2O2/c1-2-7-14-13(16)15-11-8-10-5-3-4-6-12(10)17-9-11/h3-6,11H,2,7-9H2,1H3,(H2,14,15,16)/t11-/m0/s1. The Hall–Kier alpha value is -1.71. The summed E-state index contributed by atoms with van der Waals surface area (Å²) in [5.41, 5.74) is 1.15. The second-order valence-corrected chi connectivity index (χ2v) is 4.22. The molecule has 0 saturated carbocycles. The Labute approximate surface area is 101 Å². The molecule has 0 saturated heterocycles. The van der Waals surface area contributed by atoms with Crippen LogP contribution in [0.3, 0.4) is 0 Å². The van der Waals surface area contributed by atoms with Crippen molar-refractivity contribution in [2.24, 2.45) is 0 Å². The highest BCUT2D eigenvalue weighted by Crippen LogP contribution is 2.23. The van der Waals surface area contributed by atoms with E-state index >= 15 is 0 Å². The van der Waals surface area contributed by atoms with Crippen LogP contribution < -0.4 is 15.4 Å². The average Bonchev–Trinajstić information content (AvgIpc) is 2.36. The molecule has 2 amide bonds. The van der Waals surface area contributed by atoms with Crippen LogP contribution in [-0.4, -0.2) is 25.2 Å².